The summed E-state index contributed by atoms with van der Waals surface area (Å²) in [6.45, 7) is 4.12. The van der Waals surface area contributed by atoms with Crippen molar-refractivity contribution in [2.45, 2.75) is 19.4 Å². The van der Waals surface area contributed by atoms with Gasteiger partial charge in [0.15, 0.2) is 5.78 Å². The Morgan fingerprint density at radius 1 is 1.21 bits per heavy atom. The third-order valence-electron chi connectivity index (χ3n) is 2.30. The number of hydrogen-bond donors (Lipinski definition) is 2. The maximum absolute atomic E-state index is 11.8. The summed E-state index contributed by atoms with van der Waals surface area (Å²) in [6, 6.07) is 9.08. The van der Waals surface area contributed by atoms with Crippen molar-refractivity contribution in [1.29, 1.82) is 0 Å². The number of Topliss-reactive ketones (excluding diaryl/α,β-unsaturated/α-hetero) is 1. The molecule has 1 rings (SSSR count). The Hall–Kier alpha value is -1.33. The quantitative estimate of drug-likeness (QED) is 0.742. The Bertz CT molecular complexity index is 427. The number of nitrogens with one attached hydrogen (secondary N) is 1. The first-order valence-electron chi connectivity index (χ1n) is 6.10. The van der Waals surface area contributed by atoms with Gasteiger partial charge in [-0.3, -0.25) is 9.59 Å². The van der Waals surface area contributed by atoms with Gasteiger partial charge in [-0.25, -0.2) is 0 Å². The minimum atomic E-state index is -0.416. The van der Waals surface area contributed by atoms with Gasteiger partial charge in [0.1, 0.15) is 0 Å². The lowest BCUT2D eigenvalue weighted by atomic mass is 10.1. The lowest BCUT2D eigenvalue weighted by Gasteiger charge is -2.18. The number of hydrogen-bond acceptors (Lipinski definition) is 4. The summed E-state index contributed by atoms with van der Waals surface area (Å²) >= 11 is 1.31. The highest BCUT2D eigenvalue weighted by molar-refractivity contribution is 8.00. The van der Waals surface area contributed by atoms with Crippen molar-refractivity contribution in [3.05, 3.63) is 35.9 Å². The molecule has 1 aromatic rings. The van der Waals surface area contributed by atoms with E-state index in [1.54, 1.807) is 12.1 Å². The highest BCUT2D eigenvalue weighted by atomic mass is 32.2. The standard InChI is InChI=1S/C14H20N2O2S/c1-14(2,15)10-16-13(18)9-19-8-12(17)11-6-4-3-5-7-11/h3-7H,8-10,15H2,1-2H3,(H,16,18). The zero-order chi connectivity index (χ0) is 14.3. The Kier molecular flexibility index (Phi) is 6.05. The molecule has 1 aromatic carbocycles. The molecule has 0 heterocycles. The molecule has 4 nitrogen and oxygen atoms in total. The fourth-order valence-electron chi connectivity index (χ4n) is 1.32. The van der Waals surface area contributed by atoms with Gasteiger partial charge < -0.3 is 11.1 Å². The van der Waals surface area contributed by atoms with E-state index >= 15 is 0 Å². The molecule has 0 aromatic heterocycles. The average Bonchev–Trinajstić information content (AvgIpc) is 2.36. The molecule has 0 saturated carbocycles. The topological polar surface area (TPSA) is 72.2 Å². The summed E-state index contributed by atoms with van der Waals surface area (Å²) in [6.07, 6.45) is 0. The number of carbonyl (C=O) groups is 2. The summed E-state index contributed by atoms with van der Waals surface area (Å²) in [5, 5.41) is 2.74. The Balaban J connectivity index is 2.24. The Labute approximate surface area is 118 Å². The minimum absolute atomic E-state index is 0.0394. The van der Waals surface area contributed by atoms with E-state index in [1.165, 1.54) is 11.8 Å². The molecule has 0 bridgehead atoms. The third-order valence-corrected chi connectivity index (χ3v) is 3.24. The van der Waals surface area contributed by atoms with Crippen LogP contribution in [-0.4, -0.2) is 35.3 Å². The molecule has 0 fully saturated rings. The molecule has 0 aliphatic rings. The highest BCUT2D eigenvalue weighted by Gasteiger charge is 2.12. The smallest absolute Gasteiger partial charge is 0.230 e. The highest BCUT2D eigenvalue weighted by Crippen LogP contribution is 2.07. The van der Waals surface area contributed by atoms with Crippen molar-refractivity contribution in [3.8, 4) is 0 Å². The molecular weight excluding hydrogens is 260 g/mol. The maximum Gasteiger partial charge on any atom is 0.230 e. The predicted molar refractivity (Wildman–Crippen MR) is 79.4 cm³/mol. The van der Waals surface area contributed by atoms with Crippen LogP contribution >= 0.6 is 11.8 Å². The van der Waals surface area contributed by atoms with Crippen molar-refractivity contribution >= 4 is 23.5 Å². The fourth-order valence-corrected chi connectivity index (χ4v) is 2.06. The molecule has 104 valence electrons. The van der Waals surface area contributed by atoms with Crippen LogP contribution in [-0.2, 0) is 4.79 Å². The zero-order valence-electron chi connectivity index (χ0n) is 11.3. The summed E-state index contributed by atoms with van der Waals surface area (Å²) in [4.78, 5) is 23.3. The summed E-state index contributed by atoms with van der Waals surface area (Å²) in [5.41, 5.74) is 6.02. The van der Waals surface area contributed by atoms with E-state index in [0.717, 1.165) is 0 Å². The van der Waals surface area contributed by atoms with Crippen LogP contribution in [0.4, 0.5) is 0 Å². The van der Waals surface area contributed by atoms with Gasteiger partial charge in [0, 0.05) is 17.6 Å². The van der Waals surface area contributed by atoms with Gasteiger partial charge in [-0.1, -0.05) is 30.3 Å². The van der Waals surface area contributed by atoms with Gasteiger partial charge in [0.25, 0.3) is 0 Å². The number of nitrogens with two attached hydrogens (primary N) is 1. The van der Waals surface area contributed by atoms with Gasteiger partial charge in [-0.2, -0.15) is 0 Å². The van der Waals surface area contributed by atoms with Gasteiger partial charge in [0.05, 0.1) is 11.5 Å². The molecular formula is C14H20N2O2S. The van der Waals surface area contributed by atoms with E-state index < -0.39 is 5.54 Å². The summed E-state index contributed by atoms with van der Waals surface area (Å²) < 4.78 is 0. The first kappa shape index (κ1) is 15.7. The van der Waals surface area contributed by atoms with Crippen molar-refractivity contribution in [2.24, 2.45) is 5.73 Å². The molecule has 1 amide bonds. The molecule has 5 heteroatoms. The van der Waals surface area contributed by atoms with Crippen LogP contribution in [0.5, 0.6) is 0 Å². The van der Waals surface area contributed by atoms with Gasteiger partial charge >= 0.3 is 0 Å². The SMILES string of the molecule is CC(C)(N)CNC(=O)CSCC(=O)c1ccccc1. The van der Waals surface area contributed by atoms with E-state index in [-0.39, 0.29) is 17.4 Å². The third kappa shape index (κ3) is 6.98. The fraction of sp³-hybridized carbons (Fsp3) is 0.429. The number of amides is 1. The molecule has 19 heavy (non-hydrogen) atoms. The van der Waals surface area contributed by atoms with Crippen LogP contribution in [0, 0.1) is 0 Å². The number of benzene rings is 1. The number of carbonyl (C=O) groups excluding carboxylic acids is 2. The number of rotatable bonds is 7. The van der Waals surface area contributed by atoms with Crippen molar-refractivity contribution in [2.75, 3.05) is 18.1 Å². The lowest BCUT2D eigenvalue weighted by Crippen LogP contribution is -2.45. The van der Waals surface area contributed by atoms with Crippen LogP contribution in [0.2, 0.25) is 0 Å². The average molecular weight is 280 g/mol. The van der Waals surface area contributed by atoms with Crippen molar-refractivity contribution < 1.29 is 9.59 Å². The van der Waals surface area contributed by atoms with Crippen molar-refractivity contribution in [1.82, 2.24) is 5.32 Å². The second-order valence-corrected chi connectivity index (χ2v) is 6.03. The second kappa shape index (κ2) is 7.31. The monoisotopic (exact) mass is 280 g/mol. The largest absolute Gasteiger partial charge is 0.354 e. The predicted octanol–water partition coefficient (Wildman–Crippen LogP) is 1.46. The molecule has 3 N–H and O–H groups in total. The van der Waals surface area contributed by atoms with E-state index in [2.05, 4.69) is 5.32 Å². The van der Waals surface area contributed by atoms with E-state index in [0.29, 0.717) is 17.9 Å². The maximum atomic E-state index is 11.8. The number of thioether (sulfide) groups is 1. The van der Waals surface area contributed by atoms with Crippen LogP contribution in [0.1, 0.15) is 24.2 Å². The number of ketones is 1. The second-order valence-electron chi connectivity index (χ2n) is 5.05. The molecule has 0 unspecified atom stereocenters. The molecule has 0 atom stereocenters. The van der Waals surface area contributed by atoms with E-state index in [4.69, 9.17) is 5.73 Å². The molecule has 0 aliphatic carbocycles. The van der Waals surface area contributed by atoms with Crippen LogP contribution < -0.4 is 11.1 Å². The first-order chi connectivity index (χ1) is 8.88. The molecule has 0 spiro atoms. The van der Waals surface area contributed by atoms with Crippen LogP contribution in [0.15, 0.2) is 30.3 Å². The van der Waals surface area contributed by atoms with E-state index in [1.807, 2.05) is 32.0 Å². The molecule has 0 radical (unpaired) electrons. The lowest BCUT2D eigenvalue weighted by molar-refractivity contribution is -0.118. The Morgan fingerprint density at radius 2 is 1.84 bits per heavy atom. The minimum Gasteiger partial charge on any atom is -0.354 e. The summed E-state index contributed by atoms with van der Waals surface area (Å²) in [7, 11) is 0. The summed E-state index contributed by atoms with van der Waals surface area (Å²) in [5.74, 6) is 0.528. The van der Waals surface area contributed by atoms with Crippen LogP contribution in [0.3, 0.4) is 0 Å². The first-order valence-corrected chi connectivity index (χ1v) is 7.25. The van der Waals surface area contributed by atoms with Gasteiger partial charge in [-0.05, 0) is 13.8 Å². The molecule has 0 saturated heterocycles. The Morgan fingerprint density at radius 3 is 2.42 bits per heavy atom. The zero-order valence-corrected chi connectivity index (χ0v) is 12.1. The normalized spacial score (nSPS) is 11.1. The van der Waals surface area contributed by atoms with Gasteiger partial charge in [-0.15, -0.1) is 11.8 Å². The van der Waals surface area contributed by atoms with E-state index in [9.17, 15) is 9.59 Å². The molecule has 0 aliphatic heterocycles. The van der Waals surface area contributed by atoms with Crippen LogP contribution in [0.25, 0.3) is 0 Å². The van der Waals surface area contributed by atoms with Crippen molar-refractivity contribution in [3.63, 3.8) is 0 Å². The van der Waals surface area contributed by atoms with Gasteiger partial charge in [0.2, 0.25) is 5.91 Å².